The maximum absolute atomic E-state index is 11.9. The predicted octanol–water partition coefficient (Wildman–Crippen LogP) is 0.877. The number of rotatable bonds is 3. The van der Waals surface area contributed by atoms with Crippen molar-refractivity contribution in [2.75, 3.05) is 5.32 Å². The van der Waals surface area contributed by atoms with E-state index in [1.807, 2.05) is 0 Å². The van der Waals surface area contributed by atoms with Gasteiger partial charge in [0.1, 0.15) is 5.69 Å². The van der Waals surface area contributed by atoms with E-state index in [-0.39, 0.29) is 17.7 Å². The largest absolute Gasteiger partial charge is 0.328 e. The first kappa shape index (κ1) is 12.8. The lowest BCUT2D eigenvalue weighted by atomic mass is 10.4. The molecule has 21 heavy (non-hydrogen) atoms. The van der Waals surface area contributed by atoms with Crippen LogP contribution in [0, 0.1) is 6.92 Å². The lowest BCUT2D eigenvalue weighted by Crippen LogP contribution is -2.14. The molecule has 0 unspecified atom stereocenters. The number of hydrogen-bond acceptors (Lipinski definition) is 8. The van der Waals surface area contributed by atoms with E-state index in [1.54, 1.807) is 13.0 Å². The van der Waals surface area contributed by atoms with E-state index in [0.29, 0.717) is 5.69 Å². The molecule has 0 saturated heterocycles. The smallest absolute Gasteiger partial charge is 0.316 e. The molecule has 0 aromatic carbocycles. The lowest BCUT2D eigenvalue weighted by molar-refractivity contribution is 0.0980. The first-order valence-electron chi connectivity index (χ1n) is 5.93. The monoisotopic (exact) mass is 283 g/mol. The maximum Gasteiger partial charge on any atom is 0.316 e. The average molecular weight is 283 g/mol. The predicted molar refractivity (Wildman–Crippen MR) is 70.0 cm³/mol. The highest BCUT2D eigenvalue weighted by atomic mass is 16.5. The molecule has 3 heterocycles. The molecule has 3 aromatic heterocycles. The van der Waals surface area contributed by atoms with Crippen LogP contribution in [0.4, 0.5) is 5.95 Å². The van der Waals surface area contributed by atoms with Crippen LogP contribution in [0.1, 0.15) is 16.4 Å². The van der Waals surface area contributed by atoms with Crippen LogP contribution < -0.4 is 5.32 Å². The van der Waals surface area contributed by atoms with Gasteiger partial charge in [-0.2, -0.15) is 4.98 Å². The molecule has 9 nitrogen and oxygen atoms in total. The SMILES string of the molecule is Cc1ccnc(NC(=O)c2nc(-c3cnccn3)no2)n1. The van der Waals surface area contributed by atoms with Gasteiger partial charge in [-0.15, -0.1) is 0 Å². The molecule has 0 radical (unpaired) electrons. The fraction of sp³-hybridized carbons (Fsp3) is 0.0833. The molecule has 0 atom stereocenters. The number of amides is 1. The molecule has 1 amide bonds. The van der Waals surface area contributed by atoms with Crippen LogP contribution >= 0.6 is 0 Å². The molecular weight excluding hydrogens is 274 g/mol. The van der Waals surface area contributed by atoms with Crippen molar-refractivity contribution in [3.63, 3.8) is 0 Å². The highest BCUT2D eigenvalue weighted by Gasteiger charge is 2.17. The van der Waals surface area contributed by atoms with Gasteiger partial charge in [-0.3, -0.25) is 15.1 Å². The number of anilines is 1. The van der Waals surface area contributed by atoms with Crippen molar-refractivity contribution in [2.24, 2.45) is 0 Å². The second kappa shape index (κ2) is 5.41. The van der Waals surface area contributed by atoms with Gasteiger partial charge < -0.3 is 4.52 Å². The number of aryl methyl sites for hydroxylation is 1. The Balaban J connectivity index is 1.78. The Morgan fingerprint density at radius 3 is 2.86 bits per heavy atom. The number of aromatic nitrogens is 6. The minimum absolute atomic E-state index is 0.166. The zero-order chi connectivity index (χ0) is 14.7. The highest BCUT2D eigenvalue weighted by molar-refractivity contribution is 5.99. The van der Waals surface area contributed by atoms with Gasteiger partial charge in [-0.1, -0.05) is 5.16 Å². The number of nitrogens with zero attached hydrogens (tertiary/aromatic N) is 6. The van der Waals surface area contributed by atoms with E-state index in [9.17, 15) is 4.79 Å². The molecule has 1 N–H and O–H groups in total. The van der Waals surface area contributed by atoms with Crippen molar-refractivity contribution in [3.8, 4) is 11.5 Å². The molecule has 104 valence electrons. The minimum atomic E-state index is -0.594. The summed E-state index contributed by atoms with van der Waals surface area (Å²) in [6, 6.07) is 1.72. The Kier molecular flexibility index (Phi) is 3.29. The van der Waals surface area contributed by atoms with Gasteiger partial charge in [0, 0.05) is 24.3 Å². The molecule has 3 aromatic rings. The van der Waals surface area contributed by atoms with Crippen molar-refractivity contribution in [1.29, 1.82) is 0 Å². The van der Waals surface area contributed by atoms with Crippen molar-refractivity contribution >= 4 is 11.9 Å². The number of hydrogen-bond donors (Lipinski definition) is 1. The van der Waals surface area contributed by atoms with E-state index >= 15 is 0 Å². The molecule has 9 heteroatoms. The topological polar surface area (TPSA) is 120 Å². The molecule has 0 aliphatic heterocycles. The van der Waals surface area contributed by atoms with Crippen LogP contribution in [-0.2, 0) is 0 Å². The summed E-state index contributed by atoms with van der Waals surface area (Å²) >= 11 is 0. The van der Waals surface area contributed by atoms with Gasteiger partial charge in [0.05, 0.1) is 6.20 Å². The van der Waals surface area contributed by atoms with Gasteiger partial charge in [0.25, 0.3) is 0 Å². The summed E-state index contributed by atoms with van der Waals surface area (Å²) in [5, 5.41) is 6.15. The fourth-order valence-electron chi connectivity index (χ4n) is 1.50. The summed E-state index contributed by atoms with van der Waals surface area (Å²) in [5.41, 5.74) is 1.14. The lowest BCUT2D eigenvalue weighted by Gasteiger charge is -1.99. The van der Waals surface area contributed by atoms with Crippen LogP contribution in [0.3, 0.4) is 0 Å². The van der Waals surface area contributed by atoms with E-state index in [1.165, 1.54) is 24.8 Å². The number of nitrogens with one attached hydrogen (secondary N) is 1. The zero-order valence-electron chi connectivity index (χ0n) is 10.9. The van der Waals surface area contributed by atoms with Crippen molar-refractivity contribution < 1.29 is 9.32 Å². The van der Waals surface area contributed by atoms with Gasteiger partial charge in [0.2, 0.25) is 11.8 Å². The maximum atomic E-state index is 11.9. The first-order valence-corrected chi connectivity index (χ1v) is 5.93. The fourth-order valence-corrected chi connectivity index (χ4v) is 1.50. The Morgan fingerprint density at radius 2 is 2.10 bits per heavy atom. The Hall–Kier alpha value is -3.23. The van der Waals surface area contributed by atoms with Crippen LogP contribution in [-0.4, -0.2) is 36.0 Å². The molecule has 3 rings (SSSR count). The molecule has 0 saturated carbocycles. The summed E-state index contributed by atoms with van der Waals surface area (Å²) in [5.74, 6) is -0.457. The average Bonchev–Trinajstić information content (AvgIpc) is 2.98. The Morgan fingerprint density at radius 1 is 1.19 bits per heavy atom. The van der Waals surface area contributed by atoms with Gasteiger partial charge >= 0.3 is 11.8 Å². The minimum Gasteiger partial charge on any atom is -0.328 e. The van der Waals surface area contributed by atoms with Crippen molar-refractivity contribution in [3.05, 3.63) is 42.4 Å². The molecule has 0 aliphatic carbocycles. The Bertz CT molecular complexity index is 772. The van der Waals surface area contributed by atoms with Crippen molar-refractivity contribution in [2.45, 2.75) is 6.92 Å². The van der Waals surface area contributed by atoms with Crippen molar-refractivity contribution in [1.82, 2.24) is 30.1 Å². The third-order valence-corrected chi connectivity index (χ3v) is 2.43. The van der Waals surface area contributed by atoms with E-state index in [2.05, 4.69) is 35.4 Å². The van der Waals surface area contributed by atoms with Crippen LogP contribution in [0.25, 0.3) is 11.5 Å². The molecule has 0 aliphatic rings. The summed E-state index contributed by atoms with van der Waals surface area (Å²) < 4.78 is 4.89. The Labute approximate surface area is 118 Å². The molecule has 0 bridgehead atoms. The molecular formula is C12H9N7O2. The standard InChI is InChI=1S/C12H9N7O2/c1-7-2-3-15-12(16-7)18-10(20)11-17-9(19-21-11)8-6-13-4-5-14-8/h2-6H,1H3,(H,15,16,18,20). The van der Waals surface area contributed by atoms with Crippen LogP contribution in [0.2, 0.25) is 0 Å². The third kappa shape index (κ3) is 2.86. The summed E-state index contributed by atoms with van der Waals surface area (Å²) in [6.07, 6.45) is 6.02. The van der Waals surface area contributed by atoms with Gasteiger partial charge in [0.15, 0.2) is 0 Å². The molecule has 0 spiro atoms. The zero-order valence-corrected chi connectivity index (χ0v) is 10.9. The van der Waals surface area contributed by atoms with Crippen LogP contribution in [0.15, 0.2) is 35.4 Å². The summed E-state index contributed by atoms with van der Waals surface area (Å²) in [7, 11) is 0. The number of carbonyl (C=O) groups excluding carboxylic acids is 1. The summed E-state index contributed by atoms with van der Waals surface area (Å²) in [6.45, 7) is 1.79. The van der Waals surface area contributed by atoms with E-state index < -0.39 is 5.91 Å². The summed E-state index contributed by atoms with van der Waals surface area (Å²) in [4.78, 5) is 31.8. The van der Waals surface area contributed by atoms with Crippen LogP contribution in [0.5, 0.6) is 0 Å². The highest BCUT2D eigenvalue weighted by Crippen LogP contribution is 2.11. The number of carbonyl (C=O) groups is 1. The third-order valence-electron chi connectivity index (χ3n) is 2.43. The second-order valence-corrected chi connectivity index (χ2v) is 3.99. The normalized spacial score (nSPS) is 10.3. The second-order valence-electron chi connectivity index (χ2n) is 3.99. The first-order chi connectivity index (χ1) is 10.2. The van der Waals surface area contributed by atoms with E-state index in [4.69, 9.17) is 4.52 Å². The molecule has 0 fully saturated rings. The van der Waals surface area contributed by atoms with E-state index in [0.717, 1.165) is 5.69 Å². The quantitative estimate of drug-likeness (QED) is 0.752. The van der Waals surface area contributed by atoms with Gasteiger partial charge in [-0.05, 0) is 13.0 Å². The van der Waals surface area contributed by atoms with Gasteiger partial charge in [-0.25, -0.2) is 15.0 Å².